The van der Waals surface area contributed by atoms with Crippen LogP contribution >= 0.6 is 15.9 Å². The molecular formula is C19H28BrFO6. The fourth-order valence-corrected chi connectivity index (χ4v) is 2.23. The summed E-state index contributed by atoms with van der Waals surface area (Å²) >= 11 is 3.19. The quantitative estimate of drug-likeness (QED) is 0.336. The van der Waals surface area contributed by atoms with Crippen LogP contribution < -0.4 is 4.74 Å². The van der Waals surface area contributed by atoms with E-state index in [2.05, 4.69) is 15.9 Å². The highest BCUT2D eigenvalue weighted by Gasteiger charge is 2.15. The first kappa shape index (κ1) is 23.8. The van der Waals surface area contributed by atoms with Crippen molar-refractivity contribution in [2.75, 3.05) is 46.2 Å². The minimum Gasteiger partial charge on any atom is -0.488 e. The van der Waals surface area contributed by atoms with Gasteiger partial charge in [-0.2, -0.15) is 0 Å². The van der Waals surface area contributed by atoms with Crippen LogP contribution in [-0.2, 0) is 23.7 Å². The Morgan fingerprint density at radius 3 is 2.07 bits per heavy atom. The maximum atomic E-state index is 13.5. The summed E-state index contributed by atoms with van der Waals surface area (Å²) in [5.74, 6) is -0.497. The Labute approximate surface area is 168 Å². The second-order valence-corrected chi connectivity index (χ2v) is 7.51. The standard InChI is InChI=1S/C19H28BrFO6/c1-19(2,3)27-18(22)6-7-23-8-9-24-10-11-25-12-13-26-17-5-4-15(20)14-16(17)21/h4-5,14H,6-13H2,1-3H3. The third-order valence-electron chi connectivity index (χ3n) is 2.99. The molecule has 154 valence electrons. The van der Waals surface area contributed by atoms with Gasteiger partial charge in [-0.3, -0.25) is 4.79 Å². The first-order chi connectivity index (χ1) is 12.8. The largest absolute Gasteiger partial charge is 0.488 e. The van der Waals surface area contributed by atoms with Crippen molar-refractivity contribution in [3.05, 3.63) is 28.5 Å². The highest BCUT2D eigenvalue weighted by atomic mass is 79.9. The van der Waals surface area contributed by atoms with Crippen molar-refractivity contribution < 1.29 is 32.9 Å². The molecule has 0 aromatic heterocycles. The molecule has 0 atom stereocenters. The third-order valence-corrected chi connectivity index (χ3v) is 3.49. The first-order valence-corrected chi connectivity index (χ1v) is 9.60. The molecule has 6 nitrogen and oxygen atoms in total. The van der Waals surface area contributed by atoms with Gasteiger partial charge in [0.1, 0.15) is 12.2 Å². The van der Waals surface area contributed by atoms with E-state index in [-0.39, 0.29) is 24.7 Å². The minimum absolute atomic E-state index is 0.196. The fraction of sp³-hybridized carbons (Fsp3) is 0.632. The molecule has 0 spiro atoms. The highest BCUT2D eigenvalue weighted by Crippen LogP contribution is 2.21. The highest BCUT2D eigenvalue weighted by molar-refractivity contribution is 9.10. The molecule has 0 fully saturated rings. The van der Waals surface area contributed by atoms with Crippen LogP contribution in [0.3, 0.4) is 0 Å². The molecule has 27 heavy (non-hydrogen) atoms. The smallest absolute Gasteiger partial charge is 0.308 e. The van der Waals surface area contributed by atoms with E-state index in [4.69, 9.17) is 23.7 Å². The summed E-state index contributed by atoms with van der Waals surface area (Å²) in [6.07, 6.45) is 0.222. The van der Waals surface area contributed by atoms with E-state index < -0.39 is 11.4 Å². The number of carbonyl (C=O) groups is 1. The lowest BCUT2D eigenvalue weighted by atomic mass is 10.2. The second kappa shape index (κ2) is 13.0. The van der Waals surface area contributed by atoms with E-state index in [1.807, 2.05) is 20.8 Å². The van der Waals surface area contributed by atoms with Gasteiger partial charge in [-0.05, 0) is 39.0 Å². The summed E-state index contributed by atoms with van der Waals surface area (Å²) in [5.41, 5.74) is -0.475. The maximum Gasteiger partial charge on any atom is 0.308 e. The van der Waals surface area contributed by atoms with Crippen molar-refractivity contribution in [3.8, 4) is 5.75 Å². The monoisotopic (exact) mass is 450 g/mol. The number of ether oxygens (including phenoxy) is 5. The predicted octanol–water partition coefficient (Wildman–Crippen LogP) is 3.75. The van der Waals surface area contributed by atoms with Crippen LogP contribution in [0, 0.1) is 5.82 Å². The van der Waals surface area contributed by atoms with Crippen LogP contribution in [0.25, 0.3) is 0 Å². The maximum absolute atomic E-state index is 13.5. The van der Waals surface area contributed by atoms with E-state index in [0.29, 0.717) is 44.1 Å². The topological polar surface area (TPSA) is 63.2 Å². The van der Waals surface area contributed by atoms with Gasteiger partial charge in [-0.25, -0.2) is 4.39 Å². The second-order valence-electron chi connectivity index (χ2n) is 6.60. The lowest BCUT2D eigenvalue weighted by molar-refractivity contribution is -0.156. The molecule has 0 amide bonds. The molecule has 1 rings (SSSR count). The van der Waals surface area contributed by atoms with Crippen molar-refractivity contribution in [1.29, 1.82) is 0 Å². The van der Waals surface area contributed by atoms with Crippen LogP contribution in [-0.4, -0.2) is 57.8 Å². The van der Waals surface area contributed by atoms with Crippen molar-refractivity contribution in [3.63, 3.8) is 0 Å². The predicted molar refractivity (Wildman–Crippen MR) is 103 cm³/mol. The Hall–Kier alpha value is -1.22. The molecule has 0 radical (unpaired) electrons. The third kappa shape index (κ3) is 12.7. The molecule has 1 aromatic rings. The molecule has 0 bridgehead atoms. The van der Waals surface area contributed by atoms with Gasteiger partial charge in [0.25, 0.3) is 0 Å². The molecule has 0 aliphatic heterocycles. The van der Waals surface area contributed by atoms with E-state index in [1.54, 1.807) is 12.1 Å². The van der Waals surface area contributed by atoms with Gasteiger partial charge in [0.05, 0.1) is 46.1 Å². The molecule has 0 saturated heterocycles. The molecule has 0 aliphatic rings. The summed E-state index contributed by atoms with van der Waals surface area (Å²) in [5, 5.41) is 0. The first-order valence-electron chi connectivity index (χ1n) is 8.81. The van der Waals surface area contributed by atoms with Crippen LogP contribution in [0.4, 0.5) is 4.39 Å². The van der Waals surface area contributed by atoms with E-state index >= 15 is 0 Å². The van der Waals surface area contributed by atoms with E-state index in [1.165, 1.54) is 6.07 Å². The van der Waals surface area contributed by atoms with Crippen LogP contribution in [0.5, 0.6) is 5.75 Å². The number of rotatable bonds is 13. The van der Waals surface area contributed by atoms with Crippen molar-refractivity contribution in [2.24, 2.45) is 0 Å². The SMILES string of the molecule is CC(C)(C)OC(=O)CCOCCOCCOCCOc1ccc(Br)cc1F. The Bertz CT molecular complexity index is 562. The average Bonchev–Trinajstić information content (AvgIpc) is 2.56. The number of halogens is 2. The molecule has 8 heteroatoms. The minimum atomic E-state index is -0.475. The van der Waals surface area contributed by atoms with Crippen molar-refractivity contribution in [1.82, 2.24) is 0 Å². The Kier molecular flexibility index (Phi) is 11.5. The molecule has 0 unspecified atom stereocenters. The fourth-order valence-electron chi connectivity index (χ4n) is 1.89. The Balaban J connectivity index is 1.88. The molecule has 0 aliphatic carbocycles. The van der Waals surface area contributed by atoms with Gasteiger partial charge in [-0.15, -0.1) is 0 Å². The Morgan fingerprint density at radius 2 is 1.52 bits per heavy atom. The van der Waals surface area contributed by atoms with Crippen LogP contribution in [0.15, 0.2) is 22.7 Å². The lowest BCUT2D eigenvalue weighted by Crippen LogP contribution is -2.24. The van der Waals surface area contributed by atoms with Crippen LogP contribution in [0.2, 0.25) is 0 Å². The van der Waals surface area contributed by atoms with Gasteiger partial charge in [0.2, 0.25) is 0 Å². The summed E-state index contributed by atoms with van der Waals surface area (Å²) in [7, 11) is 0. The molecule has 0 N–H and O–H groups in total. The zero-order valence-electron chi connectivity index (χ0n) is 16.1. The molecule has 1 aromatic carbocycles. The average molecular weight is 451 g/mol. The number of hydrogen-bond acceptors (Lipinski definition) is 6. The molecule has 0 saturated carbocycles. The lowest BCUT2D eigenvalue weighted by Gasteiger charge is -2.19. The molecular weight excluding hydrogens is 423 g/mol. The van der Waals surface area contributed by atoms with Gasteiger partial charge >= 0.3 is 5.97 Å². The zero-order valence-corrected chi connectivity index (χ0v) is 17.7. The van der Waals surface area contributed by atoms with Crippen molar-refractivity contribution in [2.45, 2.75) is 32.8 Å². The zero-order chi connectivity index (χ0) is 20.1. The number of benzene rings is 1. The van der Waals surface area contributed by atoms with E-state index in [0.717, 1.165) is 0 Å². The van der Waals surface area contributed by atoms with Gasteiger partial charge < -0.3 is 23.7 Å². The van der Waals surface area contributed by atoms with Crippen LogP contribution in [0.1, 0.15) is 27.2 Å². The number of esters is 1. The summed E-state index contributed by atoms with van der Waals surface area (Å²) in [6, 6.07) is 4.62. The summed E-state index contributed by atoms with van der Waals surface area (Å²) in [4.78, 5) is 11.5. The normalized spacial score (nSPS) is 11.4. The number of hydrogen-bond donors (Lipinski definition) is 0. The summed E-state index contributed by atoms with van der Waals surface area (Å²) < 4.78 is 40.6. The van der Waals surface area contributed by atoms with Gasteiger partial charge in [0, 0.05) is 4.47 Å². The molecule has 0 heterocycles. The van der Waals surface area contributed by atoms with Gasteiger partial charge in [-0.1, -0.05) is 15.9 Å². The Morgan fingerprint density at radius 1 is 0.963 bits per heavy atom. The van der Waals surface area contributed by atoms with Crippen molar-refractivity contribution >= 4 is 21.9 Å². The van der Waals surface area contributed by atoms with E-state index in [9.17, 15) is 9.18 Å². The van der Waals surface area contributed by atoms with Gasteiger partial charge in [0.15, 0.2) is 11.6 Å². The summed E-state index contributed by atoms with van der Waals surface area (Å²) in [6.45, 7) is 8.02. The number of carbonyl (C=O) groups excluding carboxylic acids is 1.